The molecule has 2 rings (SSSR count). The monoisotopic (exact) mass is 340 g/mol. The van der Waals surface area contributed by atoms with E-state index >= 15 is 0 Å². The summed E-state index contributed by atoms with van der Waals surface area (Å²) < 4.78 is 17.2. The van der Waals surface area contributed by atoms with Gasteiger partial charge in [-0.3, -0.25) is 0 Å². The van der Waals surface area contributed by atoms with E-state index in [2.05, 4.69) is 27.3 Å². The lowest BCUT2D eigenvalue weighted by molar-refractivity contribution is -0.688. The van der Waals surface area contributed by atoms with Crippen molar-refractivity contribution in [3.05, 3.63) is 46.3 Å². The Balaban J connectivity index is 2.03. The molecule has 1 heterocycles. The van der Waals surface area contributed by atoms with E-state index in [1.807, 2.05) is 25.1 Å². The van der Waals surface area contributed by atoms with Crippen LogP contribution in [0.25, 0.3) is 0 Å². The lowest BCUT2D eigenvalue weighted by atomic mass is 10.2. The second kappa shape index (κ2) is 7.36. The van der Waals surface area contributed by atoms with E-state index in [1.54, 1.807) is 13.4 Å². The first-order chi connectivity index (χ1) is 9.74. The molecule has 0 atom stereocenters. The van der Waals surface area contributed by atoms with Crippen molar-refractivity contribution in [1.29, 1.82) is 0 Å². The van der Waals surface area contributed by atoms with E-state index in [1.165, 1.54) is 5.56 Å². The number of quaternary nitrogens is 1. The van der Waals surface area contributed by atoms with Gasteiger partial charge in [-0.15, -0.1) is 0 Å². The lowest BCUT2D eigenvalue weighted by Gasteiger charge is -2.12. The number of nitrogens with two attached hydrogens (primary N) is 1. The Morgan fingerprint density at radius 3 is 2.80 bits per heavy atom. The number of rotatable bonds is 7. The molecule has 0 radical (unpaired) electrons. The maximum absolute atomic E-state index is 5.61. The van der Waals surface area contributed by atoms with E-state index in [0.29, 0.717) is 6.61 Å². The molecule has 0 aliphatic rings. The van der Waals surface area contributed by atoms with E-state index < -0.39 is 0 Å². The number of halogens is 1. The molecule has 0 aliphatic heterocycles. The highest BCUT2D eigenvalue weighted by Gasteiger charge is 2.12. The molecule has 0 fully saturated rings. The molecule has 108 valence electrons. The minimum absolute atomic E-state index is 0.613. The van der Waals surface area contributed by atoms with Crippen molar-refractivity contribution in [1.82, 2.24) is 0 Å². The van der Waals surface area contributed by atoms with Crippen LogP contribution in [0.3, 0.4) is 0 Å². The van der Waals surface area contributed by atoms with Crippen molar-refractivity contribution in [2.75, 3.05) is 13.7 Å². The van der Waals surface area contributed by atoms with Gasteiger partial charge in [0.25, 0.3) is 0 Å². The highest BCUT2D eigenvalue weighted by Crippen LogP contribution is 2.36. The molecular formula is C15H19BrNO3+. The van der Waals surface area contributed by atoms with Gasteiger partial charge in [-0.05, 0) is 47.1 Å². The van der Waals surface area contributed by atoms with E-state index in [9.17, 15) is 0 Å². The topological polar surface area (TPSA) is 48.2 Å². The van der Waals surface area contributed by atoms with Crippen molar-refractivity contribution < 1.29 is 19.2 Å². The fourth-order valence-corrected chi connectivity index (χ4v) is 2.66. The molecule has 0 aliphatic carbocycles. The van der Waals surface area contributed by atoms with Gasteiger partial charge in [0, 0.05) is 5.56 Å². The second-order valence-corrected chi connectivity index (χ2v) is 5.17. The normalized spacial score (nSPS) is 10.6. The van der Waals surface area contributed by atoms with Crippen LogP contribution in [0.15, 0.2) is 39.4 Å². The first-order valence-electron chi connectivity index (χ1n) is 6.57. The van der Waals surface area contributed by atoms with Crippen LogP contribution in [0.1, 0.15) is 18.2 Å². The van der Waals surface area contributed by atoms with Crippen molar-refractivity contribution in [2.24, 2.45) is 0 Å². The van der Waals surface area contributed by atoms with Crippen molar-refractivity contribution in [3.8, 4) is 11.5 Å². The molecule has 20 heavy (non-hydrogen) atoms. The average Bonchev–Trinajstić information content (AvgIpc) is 2.92. The van der Waals surface area contributed by atoms with Gasteiger partial charge < -0.3 is 19.2 Å². The maximum Gasteiger partial charge on any atom is 0.174 e. The highest BCUT2D eigenvalue weighted by molar-refractivity contribution is 9.10. The van der Waals surface area contributed by atoms with Crippen molar-refractivity contribution >= 4 is 15.9 Å². The zero-order valence-electron chi connectivity index (χ0n) is 11.7. The van der Waals surface area contributed by atoms with E-state index in [0.717, 1.165) is 34.8 Å². The van der Waals surface area contributed by atoms with Crippen LogP contribution in [-0.4, -0.2) is 13.7 Å². The standard InChI is InChI=1S/C15H18BrNO3/c1-3-19-14-8-11(7-13(16)15(14)18-2)9-17-10-12-5-4-6-20-12/h4-8,17H,3,9-10H2,1-2H3/p+1. The molecule has 5 heteroatoms. The fraction of sp³-hybridized carbons (Fsp3) is 0.333. The summed E-state index contributed by atoms with van der Waals surface area (Å²) in [4.78, 5) is 0. The van der Waals surface area contributed by atoms with Gasteiger partial charge >= 0.3 is 0 Å². The molecule has 0 saturated carbocycles. The van der Waals surface area contributed by atoms with Gasteiger partial charge in [0.1, 0.15) is 13.1 Å². The number of ether oxygens (including phenoxy) is 2. The molecule has 1 aromatic carbocycles. The molecule has 2 aromatic rings. The molecule has 2 N–H and O–H groups in total. The summed E-state index contributed by atoms with van der Waals surface area (Å²) >= 11 is 3.52. The SMILES string of the molecule is CCOc1cc(C[NH2+]Cc2ccco2)cc(Br)c1OC. The van der Waals surface area contributed by atoms with Gasteiger partial charge in [0.15, 0.2) is 17.3 Å². The summed E-state index contributed by atoms with van der Waals surface area (Å²) in [6.45, 7) is 4.25. The van der Waals surface area contributed by atoms with Crippen LogP contribution in [0, 0.1) is 0 Å². The predicted molar refractivity (Wildman–Crippen MR) is 79.9 cm³/mol. The Hall–Kier alpha value is -1.46. The van der Waals surface area contributed by atoms with Crippen molar-refractivity contribution in [2.45, 2.75) is 20.0 Å². The molecule has 0 spiro atoms. The number of furan rings is 1. The number of hydrogen-bond acceptors (Lipinski definition) is 3. The average molecular weight is 341 g/mol. The molecule has 0 unspecified atom stereocenters. The van der Waals surface area contributed by atoms with Crippen LogP contribution in [-0.2, 0) is 13.1 Å². The lowest BCUT2D eigenvalue weighted by Crippen LogP contribution is -2.80. The maximum atomic E-state index is 5.61. The van der Waals surface area contributed by atoms with Crippen LogP contribution >= 0.6 is 15.9 Å². The first kappa shape index (κ1) is 14.9. The van der Waals surface area contributed by atoms with Crippen LogP contribution < -0.4 is 14.8 Å². The first-order valence-corrected chi connectivity index (χ1v) is 7.37. The third kappa shape index (κ3) is 3.77. The summed E-state index contributed by atoms with van der Waals surface area (Å²) in [5, 5.41) is 2.18. The zero-order chi connectivity index (χ0) is 14.4. The van der Waals surface area contributed by atoms with Gasteiger partial charge in [0.2, 0.25) is 0 Å². The second-order valence-electron chi connectivity index (χ2n) is 4.32. The molecule has 0 bridgehead atoms. The van der Waals surface area contributed by atoms with E-state index in [-0.39, 0.29) is 0 Å². The van der Waals surface area contributed by atoms with Gasteiger partial charge in [-0.2, -0.15) is 0 Å². The smallest absolute Gasteiger partial charge is 0.174 e. The molecule has 1 aromatic heterocycles. The number of hydrogen-bond donors (Lipinski definition) is 1. The van der Waals surface area contributed by atoms with Crippen LogP contribution in [0.5, 0.6) is 11.5 Å². The van der Waals surface area contributed by atoms with Crippen LogP contribution in [0.2, 0.25) is 0 Å². The predicted octanol–water partition coefficient (Wildman–Crippen LogP) is 2.71. The summed E-state index contributed by atoms with van der Waals surface area (Å²) in [6.07, 6.45) is 1.69. The third-order valence-electron chi connectivity index (χ3n) is 2.88. The summed E-state index contributed by atoms with van der Waals surface area (Å²) in [5.74, 6) is 2.48. The summed E-state index contributed by atoms with van der Waals surface area (Å²) in [6, 6.07) is 7.96. The molecular weight excluding hydrogens is 322 g/mol. The third-order valence-corrected chi connectivity index (χ3v) is 3.47. The van der Waals surface area contributed by atoms with Crippen molar-refractivity contribution in [3.63, 3.8) is 0 Å². The van der Waals surface area contributed by atoms with Gasteiger partial charge in [-0.25, -0.2) is 0 Å². The zero-order valence-corrected chi connectivity index (χ0v) is 13.3. The van der Waals surface area contributed by atoms with E-state index in [4.69, 9.17) is 13.9 Å². The Morgan fingerprint density at radius 1 is 1.30 bits per heavy atom. The Labute approximate surface area is 127 Å². The highest BCUT2D eigenvalue weighted by atomic mass is 79.9. The Kier molecular flexibility index (Phi) is 5.49. The summed E-state index contributed by atoms with van der Waals surface area (Å²) in [7, 11) is 1.64. The summed E-state index contributed by atoms with van der Waals surface area (Å²) in [5.41, 5.74) is 1.17. The molecule has 0 saturated heterocycles. The molecule has 0 amide bonds. The Morgan fingerprint density at radius 2 is 2.15 bits per heavy atom. The largest absolute Gasteiger partial charge is 0.492 e. The number of methoxy groups -OCH3 is 1. The quantitative estimate of drug-likeness (QED) is 0.842. The molecule has 4 nitrogen and oxygen atoms in total. The fourth-order valence-electron chi connectivity index (χ4n) is 2.01. The number of benzene rings is 1. The minimum atomic E-state index is 0.613. The minimum Gasteiger partial charge on any atom is -0.492 e. The van der Waals surface area contributed by atoms with Gasteiger partial charge in [-0.1, -0.05) is 0 Å². The Bertz CT molecular complexity index is 540. The van der Waals surface area contributed by atoms with Crippen LogP contribution in [0.4, 0.5) is 0 Å². The van der Waals surface area contributed by atoms with Gasteiger partial charge in [0.05, 0.1) is 24.5 Å².